The van der Waals surface area contributed by atoms with Crippen molar-refractivity contribution >= 4 is 28.7 Å². The molecule has 0 bridgehead atoms. The van der Waals surface area contributed by atoms with Crippen LogP contribution in [0.5, 0.6) is 0 Å². The highest BCUT2D eigenvalue weighted by Gasteiger charge is 2.16. The molecule has 0 aliphatic carbocycles. The van der Waals surface area contributed by atoms with E-state index >= 15 is 0 Å². The summed E-state index contributed by atoms with van der Waals surface area (Å²) < 4.78 is 7.40. The predicted molar refractivity (Wildman–Crippen MR) is 91.7 cm³/mol. The minimum atomic E-state index is -0.142. The van der Waals surface area contributed by atoms with Gasteiger partial charge in [0.15, 0.2) is 11.0 Å². The molecule has 0 aliphatic rings. The van der Waals surface area contributed by atoms with Gasteiger partial charge in [-0.05, 0) is 26.0 Å². The zero-order valence-electron chi connectivity index (χ0n) is 13.8. The van der Waals surface area contributed by atoms with Crippen molar-refractivity contribution in [2.75, 3.05) is 7.05 Å². The van der Waals surface area contributed by atoms with Gasteiger partial charge >= 0.3 is 0 Å². The van der Waals surface area contributed by atoms with E-state index in [9.17, 15) is 4.79 Å². The Kier molecular flexibility index (Phi) is 4.84. The first-order valence-electron chi connectivity index (χ1n) is 7.70. The standard InChI is InChI=1S/C16H19N5O2S/c1-10(2)21-12-7-5-4-6-11(12)18-16(21)24-9-15-19-13(20-23-15)8-14(22)17-3/h4-7,10H,8-9H2,1-3H3,(H,17,22). The Morgan fingerprint density at radius 2 is 2.12 bits per heavy atom. The van der Waals surface area contributed by atoms with E-state index in [1.165, 1.54) is 0 Å². The molecular formula is C16H19N5O2S. The zero-order valence-corrected chi connectivity index (χ0v) is 14.6. The number of para-hydroxylation sites is 2. The van der Waals surface area contributed by atoms with Crippen molar-refractivity contribution in [1.29, 1.82) is 0 Å². The highest BCUT2D eigenvalue weighted by Crippen LogP contribution is 2.29. The van der Waals surface area contributed by atoms with Crippen LogP contribution in [0.2, 0.25) is 0 Å². The Hall–Kier alpha value is -2.35. The third-order valence-electron chi connectivity index (χ3n) is 3.51. The zero-order chi connectivity index (χ0) is 17.1. The average molecular weight is 345 g/mol. The van der Waals surface area contributed by atoms with Crippen LogP contribution in [0.3, 0.4) is 0 Å². The van der Waals surface area contributed by atoms with E-state index in [1.807, 2.05) is 18.2 Å². The molecule has 0 radical (unpaired) electrons. The van der Waals surface area contributed by atoms with Gasteiger partial charge in [0.1, 0.15) is 0 Å². The fourth-order valence-corrected chi connectivity index (χ4v) is 3.38. The molecule has 0 spiro atoms. The van der Waals surface area contributed by atoms with Crippen LogP contribution in [0.15, 0.2) is 33.9 Å². The van der Waals surface area contributed by atoms with Gasteiger partial charge in [0.05, 0.1) is 23.2 Å². The summed E-state index contributed by atoms with van der Waals surface area (Å²) in [6.07, 6.45) is 0.120. The molecule has 24 heavy (non-hydrogen) atoms. The highest BCUT2D eigenvalue weighted by molar-refractivity contribution is 7.98. The number of rotatable bonds is 6. The minimum absolute atomic E-state index is 0.120. The predicted octanol–water partition coefficient (Wildman–Crippen LogP) is 2.58. The number of hydrogen-bond acceptors (Lipinski definition) is 6. The number of aromatic nitrogens is 4. The van der Waals surface area contributed by atoms with Crippen LogP contribution in [-0.4, -0.2) is 32.6 Å². The van der Waals surface area contributed by atoms with Gasteiger partial charge in [0, 0.05) is 13.1 Å². The first-order valence-corrected chi connectivity index (χ1v) is 8.69. The smallest absolute Gasteiger partial charge is 0.237 e. The minimum Gasteiger partial charge on any atom is -0.359 e. The van der Waals surface area contributed by atoms with Crippen LogP contribution in [0.25, 0.3) is 11.0 Å². The van der Waals surface area contributed by atoms with Crippen LogP contribution < -0.4 is 5.32 Å². The Labute approximate surface area is 143 Å². The molecule has 0 fully saturated rings. The third-order valence-corrected chi connectivity index (χ3v) is 4.45. The van der Waals surface area contributed by atoms with E-state index in [0.717, 1.165) is 16.2 Å². The molecule has 3 aromatic rings. The lowest BCUT2D eigenvalue weighted by Crippen LogP contribution is -2.20. The summed E-state index contributed by atoms with van der Waals surface area (Å²) in [5, 5.41) is 7.28. The lowest BCUT2D eigenvalue weighted by atomic mass is 10.3. The summed E-state index contributed by atoms with van der Waals surface area (Å²) in [5.41, 5.74) is 2.08. The molecule has 7 nitrogen and oxygen atoms in total. The summed E-state index contributed by atoms with van der Waals surface area (Å²) in [4.78, 5) is 20.3. The molecule has 8 heteroatoms. The van der Waals surface area contributed by atoms with Gasteiger partial charge in [-0.25, -0.2) is 4.98 Å². The summed E-state index contributed by atoms with van der Waals surface area (Å²) >= 11 is 1.55. The molecule has 0 atom stereocenters. The monoisotopic (exact) mass is 345 g/mol. The second kappa shape index (κ2) is 7.04. The summed E-state index contributed by atoms with van der Waals surface area (Å²) in [6, 6.07) is 8.37. The molecule has 0 aliphatic heterocycles. The van der Waals surface area contributed by atoms with E-state index in [2.05, 4.69) is 44.9 Å². The normalized spacial score (nSPS) is 11.3. The number of thioether (sulfide) groups is 1. The Bertz CT molecular complexity index is 855. The van der Waals surface area contributed by atoms with Crippen LogP contribution in [0.1, 0.15) is 31.6 Å². The summed E-state index contributed by atoms with van der Waals surface area (Å²) in [6.45, 7) is 4.26. The third kappa shape index (κ3) is 3.43. The summed E-state index contributed by atoms with van der Waals surface area (Å²) in [5.74, 6) is 1.25. The Balaban J connectivity index is 1.76. The lowest BCUT2D eigenvalue weighted by Gasteiger charge is -2.11. The van der Waals surface area contributed by atoms with E-state index < -0.39 is 0 Å². The van der Waals surface area contributed by atoms with Gasteiger partial charge in [0.25, 0.3) is 0 Å². The Morgan fingerprint density at radius 3 is 2.88 bits per heavy atom. The second-order valence-corrected chi connectivity index (χ2v) is 6.53. The quantitative estimate of drug-likeness (QED) is 0.691. The van der Waals surface area contributed by atoms with E-state index in [0.29, 0.717) is 23.5 Å². The van der Waals surface area contributed by atoms with Gasteiger partial charge in [0.2, 0.25) is 11.8 Å². The average Bonchev–Trinajstić information content (AvgIpc) is 3.16. The molecular weight excluding hydrogens is 326 g/mol. The van der Waals surface area contributed by atoms with Gasteiger partial charge in [-0.1, -0.05) is 29.1 Å². The van der Waals surface area contributed by atoms with Crippen LogP contribution in [0.4, 0.5) is 0 Å². The Morgan fingerprint density at radius 1 is 1.33 bits per heavy atom. The fraction of sp³-hybridized carbons (Fsp3) is 0.375. The lowest BCUT2D eigenvalue weighted by molar-refractivity contribution is -0.120. The number of carbonyl (C=O) groups is 1. The maximum Gasteiger partial charge on any atom is 0.237 e. The number of carbonyl (C=O) groups excluding carboxylic acids is 1. The van der Waals surface area contributed by atoms with Crippen molar-refractivity contribution in [3.63, 3.8) is 0 Å². The SMILES string of the molecule is CNC(=O)Cc1noc(CSc2nc3ccccc3n2C(C)C)n1. The summed E-state index contributed by atoms with van der Waals surface area (Å²) in [7, 11) is 1.58. The van der Waals surface area contributed by atoms with Crippen LogP contribution >= 0.6 is 11.8 Å². The first kappa shape index (κ1) is 16.5. The molecule has 0 saturated heterocycles. The fourth-order valence-electron chi connectivity index (χ4n) is 2.40. The maximum atomic E-state index is 11.3. The van der Waals surface area contributed by atoms with Gasteiger partial charge < -0.3 is 14.4 Å². The van der Waals surface area contributed by atoms with Gasteiger partial charge in [-0.2, -0.15) is 4.98 Å². The van der Waals surface area contributed by atoms with E-state index in [-0.39, 0.29) is 12.3 Å². The van der Waals surface area contributed by atoms with E-state index in [4.69, 9.17) is 4.52 Å². The van der Waals surface area contributed by atoms with Crippen LogP contribution in [0, 0.1) is 0 Å². The number of nitrogens with zero attached hydrogens (tertiary/aromatic N) is 4. The number of hydrogen-bond donors (Lipinski definition) is 1. The molecule has 126 valence electrons. The number of benzene rings is 1. The van der Waals surface area contributed by atoms with Crippen molar-refractivity contribution in [1.82, 2.24) is 25.0 Å². The van der Waals surface area contributed by atoms with Gasteiger partial charge in [-0.3, -0.25) is 4.79 Å². The van der Waals surface area contributed by atoms with Crippen molar-refractivity contribution in [3.8, 4) is 0 Å². The van der Waals surface area contributed by atoms with Crippen molar-refractivity contribution in [3.05, 3.63) is 36.0 Å². The van der Waals surface area contributed by atoms with Crippen molar-refractivity contribution < 1.29 is 9.32 Å². The topological polar surface area (TPSA) is 85.8 Å². The number of imidazole rings is 1. The number of likely N-dealkylation sites (N-methyl/N-ethyl adjacent to an activating group) is 1. The number of nitrogens with one attached hydrogen (secondary N) is 1. The number of amides is 1. The molecule has 0 saturated carbocycles. The van der Waals surface area contributed by atoms with Crippen LogP contribution in [-0.2, 0) is 17.0 Å². The first-order chi connectivity index (χ1) is 11.6. The molecule has 1 amide bonds. The molecule has 3 rings (SSSR count). The second-order valence-electron chi connectivity index (χ2n) is 5.59. The largest absolute Gasteiger partial charge is 0.359 e. The highest BCUT2D eigenvalue weighted by atomic mass is 32.2. The molecule has 1 N–H and O–H groups in total. The van der Waals surface area contributed by atoms with Gasteiger partial charge in [-0.15, -0.1) is 0 Å². The molecule has 2 aromatic heterocycles. The van der Waals surface area contributed by atoms with E-state index in [1.54, 1.807) is 18.8 Å². The van der Waals surface area contributed by atoms with Crippen molar-refractivity contribution in [2.24, 2.45) is 0 Å². The maximum absolute atomic E-state index is 11.3. The number of fused-ring (bicyclic) bond motifs is 1. The molecule has 2 heterocycles. The molecule has 0 unspecified atom stereocenters. The molecule has 1 aromatic carbocycles. The van der Waals surface area contributed by atoms with Crippen molar-refractivity contribution in [2.45, 2.75) is 37.2 Å².